The molecule has 0 amide bonds. The summed E-state index contributed by atoms with van der Waals surface area (Å²) < 4.78 is 7.52. The number of hydrogen-bond acceptors (Lipinski definition) is 3. The van der Waals surface area contributed by atoms with Gasteiger partial charge in [0.15, 0.2) is 0 Å². The smallest absolute Gasteiger partial charge is 0.119 e. The van der Waals surface area contributed by atoms with Gasteiger partial charge in [-0.2, -0.15) is 0 Å². The van der Waals surface area contributed by atoms with E-state index in [9.17, 15) is 0 Å². The highest BCUT2D eigenvalue weighted by Gasteiger charge is 2.09. The SMILES string of the molecule is CCC(Cl)c1cn(CCCOc2cccc(C)c2)nn1. The van der Waals surface area contributed by atoms with Crippen LogP contribution >= 0.6 is 11.6 Å². The summed E-state index contributed by atoms with van der Waals surface area (Å²) in [5, 5.41) is 8.10. The van der Waals surface area contributed by atoms with Gasteiger partial charge in [-0.15, -0.1) is 16.7 Å². The van der Waals surface area contributed by atoms with E-state index in [0.717, 1.165) is 30.8 Å². The number of rotatable bonds is 7. The lowest BCUT2D eigenvalue weighted by Gasteiger charge is -2.06. The zero-order valence-electron chi connectivity index (χ0n) is 11.9. The van der Waals surface area contributed by atoms with Crippen LogP contribution < -0.4 is 4.74 Å². The van der Waals surface area contributed by atoms with Gasteiger partial charge in [-0.25, -0.2) is 0 Å². The third-order valence-electron chi connectivity index (χ3n) is 3.03. The van der Waals surface area contributed by atoms with E-state index >= 15 is 0 Å². The summed E-state index contributed by atoms with van der Waals surface area (Å²) in [7, 11) is 0. The maximum Gasteiger partial charge on any atom is 0.119 e. The first-order valence-electron chi connectivity index (χ1n) is 6.92. The molecule has 0 aliphatic carbocycles. The molecule has 0 fully saturated rings. The minimum Gasteiger partial charge on any atom is -0.494 e. The molecule has 1 atom stereocenters. The lowest BCUT2D eigenvalue weighted by atomic mass is 10.2. The van der Waals surface area contributed by atoms with Crippen molar-refractivity contribution < 1.29 is 4.74 Å². The summed E-state index contributed by atoms with van der Waals surface area (Å²) in [6, 6.07) is 8.06. The molecular formula is C15H20ClN3O. The summed E-state index contributed by atoms with van der Waals surface area (Å²) in [5.41, 5.74) is 2.05. The second kappa shape index (κ2) is 7.29. The number of halogens is 1. The molecule has 20 heavy (non-hydrogen) atoms. The Labute approximate surface area is 124 Å². The van der Waals surface area contributed by atoms with Gasteiger partial charge in [-0.3, -0.25) is 4.68 Å². The van der Waals surface area contributed by atoms with Crippen molar-refractivity contribution >= 4 is 11.6 Å². The number of nitrogens with zero attached hydrogens (tertiary/aromatic N) is 3. The molecule has 1 heterocycles. The Kier molecular flexibility index (Phi) is 5.41. The van der Waals surface area contributed by atoms with Crippen molar-refractivity contribution in [2.45, 2.75) is 38.6 Å². The number of hydrogen-bond donors (Lipinski definition) is 0. The lowest BCUT2D eigenvalue weighted by Crippen LogP contribution is -2.05. The van der Waals surface area contributed by atoms with E-state index < -0.39 is 0 Å². The monoisotopic (exact) mass is 293 g/mol. The Balaban J connectivity index is 1.74. The van der Waals surface area contributed by atoms with Gasteiger partial charge >= 0.3 is 0 Å². The normalized spacial score (nSPS) is 12.3. The molecule has 4 nitrogen and oxygen atoms in total. The first kappa shape index (κ1) is 14.9. The quantitative estimate of drug-likeness (QED) is 0.576. The van der Waals surface area contributed by atoms with Crippen LogP contribution in [0.3, 0.4) is 0 Å². The highest BCUT2D eigenvalue weighted by Crippen LogP contribution is 2.20. The lowest BCUT2D eigenvalue weighted by molar-refractivity contribution is 0.298. The number of aryl methyl sites for hydroxylation is 2. The van der Waals surface area contributed by atoms with Gasteiger partial charge in [0, 0.05) is 19.2 Å². The zero-order chi connectivity index (χ0) is 14.4. The van der Waals surface area contributed by atoms with E-state index in [-0.39, 0.29) is 5.38 Å². The summed E-state index contributed by atoms with van der Waals surface area (Å²) >= 11 is 6.12. The van der Waals surface area contributed by atoms with Crippen molar-refractivity contribution in [1.82, 2.24) is 15.0 Å². The van der Waals surface area contributed by atoms with Crippen molar-refractivity contribution in [2.24, 2.45) is 0 Å². The van der Waals surface area contributed by atoms with Crippen LogP contribution in [0.5, 0.6) is 5.75 Å². The Hall–Kier alpha value is -1.55. The standard InChI is InChI=1S/C15H20ClN3O/c1-3-14(16)15-11-19(18-17-15)8-5-9-20-13-7-4-6-12(2)10-13/h4,6-7,10-11,14H,3,5,8-9H2,1-2H3. The van der Waals surface area contributed by atoms with E-state index in [1.807, 2.05) is 36.0 Å². The molecule has 0 saturated heterocycles. The van der Waals surface area contributed by atoms with Crippen LogP contribution in [0.25, 0.3) is 0 Å². The topological polar surface area (TPSA) is 39.9 Å². The first-order valence-corrected chi connectivity index (χ1v) is 7.36. The van der Waals surface area contributed by atoms with E-state index in [1.54, 1.807) is 0 Å². The van der Waals surface area contributed by atoms with Crippen LogP contribution in [0.4, 0.5) is 0 Å². The first-order chi connectivity index (χ1) is 9.69. The Morgan fingerprint density at radius 3 is 3.00 bits per heavy atom. The molecule has 0 radical (unpaired) electrons. The molecule has 1 aromatic carbocycles. The van der Waals surface area contributed by atoms with Crippen molar-refractivity contribution in [1.29, 1.82) is 0 Å². The molecule has 0 bridgehead atoms. The maximum atomic E-state index is 6.12. The van der Waals surface area contributed by atoms with E-state index in [0.29, 0.717) is 6.61 Å². The van der Waals surface area contributed by atoms with Crippen molar-refractivity contribution in [3.8, 4) is 5.75 Å². The highest BCUT2D eigenvalue weighted by molar-refractivity contribution is 6.20. The molecular weight excluding hydrogens is 274 g/mol. The van der Waals surface area contributed by atoms with Crippen LogP contribution in [-0.2, 0) is 6.54 Å². The van der Waals surface area contributed by atoms with Gasteiger partial charge in [0.05, 0.1) is 12.0 Å². The Bertz CT molecular complexity index is 541. The van der Waals surface area contributed by atoms with Crippen LogP contribution in [0.1, 0.15) is 36.4 Å². The minimum atomic E-state index is -0.0488. The van der Waals surface area contributed by atoms with Gasteiger partial charge in [0.2, 0.25) is 0 Å². The average molecular weight is 294 g/mol. The molecule has 5 heteroatoms. The third-order valence-corrected chi connectivity index (χ3v) is 3.56. The molecule has 1 unspecified atom stereocenters. The number of alkyl halides is 1. The third kappa shape index (κ3) is 4.23. The summed E-state index contributed by atoms with van der Waals surface area (Å²) in [6.07, 6.45) is 3.65. The Morgan fingerprint density at radius 1 is 1.40 bits per heavy atom. The fourth-order valence-electron chi connectivity index (χ4n) is 1.90. The van der Waals surface area contributed by atoms with Gasteiger partial charge in [-0.05, 0) is 31.0 Å². The van der Waals surface area contributed by atoms with Gasteiger partial charge in [0.25, 0.3) is 0 Å². The van der Waals surface area contributed by atoms with E-state index in [4.69, 9.17) is 16.3 Å². The van der Waals surface area contributed by atoms with Crippen LogP contribution in [0.2, 0.25) is 0 Å². The molecule has 0 N–H and O–H groups in total. The summed E-state index contributed by atoms with van der Waals surface area (Å²) in [6.45, 7) is 5.54. The average Bonchev–Trinajstić information content (AvgIpc) is 2.92. The van der Waals surface area contributed by atoms with Gasteiger partial charge in [-0.1, -0.05) is 24.3 Å². The fourth-order valence-corrected chi connectivity index (χ4v) is 2.00. The van der Waals surface area contributed by atoms with Crippen molar-refractivity contribution in [3.63, 3.8) is 0 Å². The second-order valence-corrected chi connectivity index (χ2v) is 5.33. The Morgan fingerprint density at radius 2 is 2.25 bits per heavy atom. The molecule has 0 aliphatic heterocycles. The molecule has 2 rings (SSSR count). The molecule has 108 valence electrons. The van der Waals surface area contributed by atoms with Crippen molar-refractivity contribution in [2.75, 3.05) is 6.61 Å². The predicted molar refractivity (Wildman–Crippen MR) is 80.2 cm³/mol. The van der Waals surface area contributed by atoms with E-state index in [2.05, 4.69) is 23.3 Å². The zero-order valence-corrected chi connectivity index (χ0v) is 12.7. The van der Waals surface area contributed by atoms with E-state index in [1.165, 1.54) is 5.56 Å². The highest BCUT2D eigenvalue weighted by atomic mass is 35.5. The minimum absolute atomic E-state index is 0.0488. The largest absolute Gasteiger partial charge is 0.494 e. The second-order valence-electron chi connectivity index (χ2n) is 4.80. The predicted octanol–water partition coefficient (Wildman–Crippen LogP) is 3.75. The number of aromatic nitrogens is 3. The number of ether oxygens (including phenoxy) is 1. The van der Waals surface area contributed by atoms with Crippen LogP contribution in [0, 0.1) is 6.92 Å². The fraction of sp³-hybridized carbons (Fsp3) is 0.467. The molecule has 0 saturated carbocycles. The van der Waals surface area contributed by atoms with Crippen LogP contribution in [-0.4, -0.2) is 21.6 Å². The summed E-state index contributed by atoms with van der Waals surface area (Å²) in [4.78, 5) is 0. The maximum absolute atomic E-state index is 6.12. The molecule has 0 spiro atoms. The van der Waals surface area contributed by atoms with Gasteiger partial charge < -0.3 is 4.74 Å². The van der Waals surface area contributed by atoms with Crippen LogP contribution in [0.15, 0.2) is 30.5 Å². The summed E-state index contributed by atoms with van der Waals surface area (Å²) in [5.74, 6) is 0.913. The number of benzene rings is 1. The van der Waals surface area contributed by atoms with Crippen molar-refractivity contribution in [3.05, 3.63) is 41.7 Å². The van der Waals surface area contributed by atoms with Gasteiger partial charge in [0.1, 0.15) is 11.4 Å². The molecule has 1 aromatic heterocycles. The molecule has 0 aliphatic rings. The molecule has 2 aromatic rings.